The predicted octanol–water partition coefficient (Wildman–Crippen LogP) is 1.64. The maximum atomic E-state index is 11.8. The van der Waals surface area contributed by atoms with Crippen LogP contribution in [-0.4, -0.2) is 38.3 Å². The van der Waals surface area contributed by atoms with Crippen molar-refractivity contribution in [3.8, 4) is 0 Å². The van der Waals surface area contributed by atoms with Gasteiger partial charge in [-0.2, -0.15) is 0 Å². The summed E-state index contributed by atoms with van der Waals surface area (Å²) in [7, 11) is 0. The Bertz CT molecular complexity index is 448. The van der Waals surface area contributed by atoms with E-state index in [1.165, 1.54) is 0 Å². The standard InChI is InChI=1S/C13H16Cl2N2O2/c14-11-2-1-9(5-12(11)15)6-13(18)17-7-10-8-19-4-3-16-10/h1-2,5,10,16H,3-4,6-8H2,(H,17,18). The maximum Gasteiger partial charge on any atom is 0.224 e. The van der Waals surface area contributed by atoms with Gasteiger partial charge in [-0.15, -0.1) is 0 Å². The van der Waals surface area contributed by atoms with Crippen LogP contribution in [0.25, 0.3) is 0 Å². The molecule has 0 radical (unpaired) electrons. The van der Waals surface area contributed by atoms with E-state index in [2.05, 4.69) is 10.6 Å². The van der Waals surface area contributed by atoms with E-state index in [0.29, 0.717) is 29.6 Å². The van der Waals surface area contributed by atoms with Gasteiger partial charge in [0.1, 0.15) is 0 Å². The third-order valence-electron chi connectivity index (χ3n) is 2.89. The molecule has 1 heterocycles. The van der Waals surface area contributed by atoms with Gasteiger partial charge in [-0.25, -0.2) is 0 Å². The molecule has 1 aromatic carbocycles. The predicted molar refractivity (Wildman–Crippen MR) is 75.8 cm³/mol. The van der Waals surface area contributed by atoms with E-state index in [1.807, 2.05) is 0 Å². The van der Waals surface area contributed by atoms with Crippen molar-refractivity contribution in [3.63, 3.8) is 0 Å². The summed E-state index contributed by atoms with van der Waals surface area (Å²) in [5, 5.41) is 7.12. The molecule has 1 aliphatic rings. The molecule has 0 bridgehead atoms. The average molecular weight is 303 g/mol. The normalized spacial score (nSPS) is 19.2. The van der Waals surface area contributed by atoms with Crippen LogP contribution >= 0.6 is 23.2 Å². The minimum atomic E-state index is -0.0363. The highest BCUT2D eigenvalue weighted by molar-refractivity contribution is 6.42. The molecule has 0 spiro atoms. The second kappa shape index (κ2) is 7.10. The number of nitrogens with one attached hydrogen (secondary N) is 2. The maximum absolute atomic E-state index is 11.8. The Morgan fingerprint density at radius 3 is 2.95 bits per heavy atom. The molecule has 0 saturated carbocycles. The number of carbonyl (C=O) groups excluding carboxylic acids is 1. The van der Waals surface area contributed by atoms with Crippen LogP contribution in [0.2, 0.25) is 10.0 Å². The molecule has 0 aromatic heterocycles. The van der Waals surface area contributed by atoms with Crippen LogP contribution in [-0.2, 0) is 16.0 Å². The first-order chi connectivity index (χ1) is 9.15. The third kappa shape index (κ3) is 4.66. The number of amides is 1. The SMILES string of the molecule is O=C(Cc1ccc(Cl)c(Cl)c1)NCC1COCCN1. The number of carbonyl (C=O) groups is 1. The molecule has 1 amide bonds. The van der Waals surface area contributed by atoms with Crippen molar-refractivity contribution in [3.05, 3.63) is 33.8 Å². The fourth-order valence-electron chi connectivity index (χ4n) is 1.89. The summed E-state index contributed by atoms with van der Waals surface area (Å²) >= 11 is 11.7. The number of halogens is 2. The van der Waals surface area contributed by atoms with Gasteiger partial charge >= 0.3 is 0 Å². The lowest BCUT2D eigenvalue weighted by Gasteiger charge is -2.23. The minimum absolute atomic E-state index is 0.0363. The minimum Gasteiger partial charge on any atom is -0.378 e. The van der Waals surface area contributed by atoms with E-state index in [-0.39, 0.29) is 11.9 Å². The molecule has 104 valence electrons. The monoisotopic (exact) mass is 302 g/mol. The quantitative estimate of drug-likeness (QED) is 0.889. The molecule has 1 atom stereocenters. The molecule has 1 fully saturated rings. The molecule has 1 saturated heterocycles. The zero-order chi connectivity index (χ0) is 13.7. The van der Waals surface area contributed by atoms with Crippen molar-refractivity contribution in [2.75, 3.05) is 26.3 Å². The number of ether oxygens (including phenoxy) is 1. The van der Waals surface area contributed by atoms with Gasteiger partial charge in [0.05, 0.1) is 29.7 Å². The Kier molecular flexibility index (Phi) is 5.45. The van der Waals surface area contributed by atoms with E-state index in [0.717, 1.165) is 18.7 Å². The van der Waals surface area contributed by atoms with Gasteiger partial charge in [0.25, 0.3) is 0 Å². The fraction of sp³-hybridized carbons (Fsp3) is 0.462. The van der Waals surface area contributed by atoms with E-state index in [9.17, 15) is 4.79 Å². The Labute approximate surface area is 122 Å². The molecule has 2 rings (SSSR count). The first kappa shape index (κ1) is 14.6. The molecule has 2 N–H and O–H groups in total. The zero-order valence-corrected chi connectivity index (χ0v) is 11.9. The van der Waals surface area contributed by atoms with Gasteiger partial charge < -0.3 is 15.4 Å². The van der Waals surface area contributed by atoms with Crippen LogP contribution in [0.1, 0.15) is 5.56 Å². The average Bonchev–Trinajstić information content (AvgIpc) is 2.42. The van der Waals surface area contributed by atoms with Crippen LogP contribution in [0.4, 0.5) is 0 Å². The van der Waals surface area contributed by atoms with E-state index >= 15 is 0 Å². The molecule has 1 aromatic rings. The lowest BCUT2D eigenvalue weighted by atomic mass is 10.1. The van der Waals surface area contributed by atoms with Crippen molar-refractivity contribution in [2.24, 2.45) is 0 Å². The number of morpholine rings is 1. The van der Waals surface area contributed by atoms with Gasteiger partial charge in [-0.05, 0) is 17.7 Å². The van der Waals surface area contributed by atoms with Crippen LogP contribution in [0.5, 0.6) is 0 Å². The van der Waals surface area contributed by atoms with Crippen LogP contribution in [0.15, 0.2) is 18.2 Å². The van der Waals surface area contributed by atoms with E-state index < -0.39 is 0 Å². The molecule has 1 aliphatic heterocycles. The second-order valence-corrected chi connectivity index (χ2v) is 5.27. The third-order valence-corrected chi connectivity index (χ3v) is 3.63. The second-order valence-electron chi connectivity index (χ2n) is 4.46. The summed E-state index contributed by atoms with van der Waals surface area (Å²) in [4.78, 5) is 11.8. The Balaban J connectivity index is 1.78. The van der Waals surface area contributed by atoms with Crippen LogP contribution in [0.3, 0.4) is 0 Å². The molecule has 0 aliphatic carbocycles. The van der Waals surface area contributed by atoms with Crippen molar-refractivity contribution in [2.45, 2.75) is 12.5 Å². The first-order valence-corrected chi connectivity index (χ1v) is 6.92. The zero-order valence-electron chi connectivity index (χ0n) is 10.4. The fourth-order valence-corrected chi connectivity index (χ4v) is 2.21. The summed E-state index contributed by atoms with van der Waals surface area (Å²) in [6, 6.07) is 5.40. The molecule has 1 unspecified atom stereocenters. The summed E-state index contributed by atoms with van der Waals surface area (Å²) in [5.41, 5.74) is 0.847. The van der Waals surface area contributed by atoms with Gasteiger partial charge in [0, 0.05) is 19.1 Å². The van der Waals surface area contributed by atoms with Crippen molar-refractivity contribution in [1.82, 2.24) is 10.6 Å². The molecule has 19 heavy (non-hydrogen) atoms. The van der Waals surface area contributed by atoms with Crippen LogP contribution < -0.4 is 10.6 Å². The topological polar surface area (TPSA) is 50.4 Å². The van der Waals surface area contributed by atoms with E-state index in [1.54, 1.807) is 18.2 Å². The highest BCUT2D eigenvalue weighted by Crippen LogP contribution is 2.22. The first-order valence-electron chi connectivity index (χ1n) is 6.17. The van der Waals surface area contributed by atoms with E-state index in [4.69, 9.17) is 27.9 Å². The molecule has 6 heteroatoms. The highest BCUT2D eigenvalue weighted by atomic mass is 35.5. The van der Waals surface area contributed by atoms with Gasteiger partial charge in [0.2, 0.25) is 5.91 Å². The number of benzene rings is 1. The molecular weight excluding hydrogens is 287 g/mol. The number of rotatable bonds is 4. The highest BCUT2D eigenvalue weighted by Gasteiger charge is 2.14. The summed E-state index contributed by atoms with van der Waals surface area (Å²) < 4.78 is 5.32. The van der Waals surface area contributed by atoms with Gasteiger partial charge in [0.15, 0.2) is 0 Å². The smallest absolute Gasteiger partial charge is 0.224 e. The van der Waals surface area contributed by atoms with Crippen LogP contribution in [0, 0.1) is 0 Å². The van der Waals surface area contributed by atoms with Gasteiger partial charge in [-0.3, -0.25) is 4.79 Å². The van der Waals surface area contributed by atoms with Crippen molar-refractivity contribution >= 4 is 29.1 Å². The molecule has 4 nitrogen and oxygen atoms in total. The lowest BCUT2D eigenvalue weighted by molar-refractivity contribution is -0.120. The van der Waals surface area contributed by atoms with Crippen molar-refractivity contribution < 1.29 is 9.53 Å². The Hall–Kier alpha value is -0.810. The Morgan fingerprint density at radius 2 is 2.26 bits per heavy atom. The largest absolute Gasteiger partial charge is 0.378 e. The molecular formula is C13H16Cl2N2O2. The van der Waals surface area contributed by atoms with Gasteiger partial charge in [-0.1, -0.05) is 29.3 Å². The summed E-state index contributed by atoms with van der Waals surface area (Å²) in [6.45, 7) is 2.76. The number of hydrogen-bond acceptors (Lipinski definition) is 3. The van der Waals surface area contributed by atoms with Crippen molar-refractivity contribution in [1.29, 1.82) is 0 Å². The summed E-state index contributed by atoms with van der Waals surface area (Å²) in [5.74, 6) is -0.0363. The lowest BCUT2D eigenvalue weighted by Crippen LogP contribution is -2.48. The summed E-state index contributed by atoms with van der Waals surface area (Å²) in [6.07, 6.45) is 0.296. The number of hydrogen-bond donors (Lipinski definition) is 2. The Morgan fingerprint density at radius 1 is 1.42 bits per heavy atom.